The zero-order chi connectivity index (χ0) is 21.9. The fourth-order valence-electron chi connectivity index (χ4n) is 3.56. The van der Waals surface area contributed by atoms with Crippen LogP contribution in [0.3, 0.4) is 0 Å². The van der Waals surface area contributed by atoms with Crippen molar-refractivity contribution in [2.75, 3.05) is 6.61 Å². The van der Waals surface area contributed by atoms with Gasteiger partial charge in [0.05, 0.1) is 12.6 Å². The van der Waals surface area contributed by atoms with E-state index >= 15 is 0 Å². The van der Waals surface area contributed by atoms with Gasteiger partial charge in [0.15, 0.2) is 0 Å². The predicted molar refractivity (Wildman–Crippen MR) is 126 cm³/mol. The lowest BCUT2D eigenvalue weighted by Gasteiger charge is -2.16. The summed E-state index contributed by atoms with van der Waals surface area (Å²) < 4.78 is 0. The second kappa shape index (κ2) is 18.0. The van der Waals surface area contributed by atoms with Crippen molar-refractivity contribution in [3.05, 3.63) is 42.0 Å². The molecule has 0 saturated heterocycles. The number of rotatable bonds is 18. The largest absolute Gasteiger partial charge is 0.508 e. The van der Waals surface area contributed by atoms with Crippen LogP contribution < -0.4 is 5.32 Å². The maximum atomic E-state index is 12.1. The molecule has 0 saturated carbocycles. The third-order valence-corrected chi connectivity index (χ3v) is 5.48. The fraction of sp³-hybridized carbons (Fsp3) is 0.654. The molecule has 3 N–H and O–H groups in total. The minimum absolute atomic E-state index is 0.0280. The van der Waals surface area contributed by atoms with Crippen LogP contribution in [-0.2, 0) is 4.79 Å². The Kier molecular flexibility index (Phi) is 15.7. The first-order chi connectivity index (χ1) is 14.7. The molecule has 0 spiro atoms. The lowest BCUT2D eigenvalue weighted by atomic mass is 10.1. The highest BCUT2D eigenvalue weighted by atomic mass is 16.3. The SMILES string of the molecule is CCCCCCCC/C=C\CCCCCCCC(=O)NC(CO)c1ccc(O)cc1. The topological polar surface area (TPSA) is 69.6 Å². The van der Waals surface area contributed by atoms with Crippen molar-refractivity contribution < 1.29 is 15.0 Å². The number of nitrogens with one attached hydrogen (secondary N) is 1. The van der Waals surface area contributed by atoms with Crippen molar-refractivity contribution in [1.29, 1.82) is 0 Å². The Morgan fingerprint density at radius 1 is 0.867 bits per heavy atom. The number of unbranched alkanes of at least 4 members (excludes halogenated alkanes) is 11. The minimum Gasteiger partial charge on any atom is -0.508 e. The summed E-state index contributed by atoms with van der Waals surface area (Å²) in [6.45, 7) is 2.11. The monoisotopic (exact) mass is 417 g/mol. The molecule has 0 heterocycles. The number of aromatic hydroxyl groups is 1. The smallest absolute Gasteiger partial charge is 0.220 e. The van der Waals surface area contributed by atoms with Crippen molar-refractivity contribution in [3.8, 4) is 5.75 Å². The predicted octanol–water partition coefficient (Wildman–Crippen LogP) is 6.58. The van der Waals surface area contributed by atoms with Gasteiger partial charge < -0.3 is 15.5 Å². The molecule has 0 fully saturated rings. The number of benzene rings is 1. The summed E-state index contributed by atoms with van der Waals surface area (Å²) in [6, 6.07) is 6.15. The Morgan fingerprint density at radius 2 is 1.40 bits per heavy atom. The van der Waals surface area contributed by atoms with Crippen molar-refractivity contribution in [2.45, 2.75) is 103 Å². The Balaban J connectivity index is 1.97. The van der Waals surface area contributed by atoms with Gasteiger partial charge in [-0.25, -0.2) is 0 Å². The summed E-state index contributed by atoms with van der Waals surface area (Å²) in [5.74, 6) is 0.148. The summed E-state index contributed by atoms with van der Waals surface area (Å²) in [7, 11) is 0. The van der Waals surface area contributed by atoms with Crippen LogP contribution in [0.25, 0.3) is 0 Å². The summed E-state index contributed by atoms with van der Waals surface area (Å²) in [5, 5.41) is 21.7. The molecule has 30 heavy (non-hydrogen) atoms. The van der Waals surface area contributed by atoms with E-state index in [1.54, 1.807) is 24.3 Å². The molecule has 1 unspecified atom stereocenters. The molecule has 170 valence electrons. The van der Waals surface area contributed by atoms with Gasteiger partial charge in [0.1, 0.15) is 5.75 Å². The van der Waals surface area contributed by atoms with Gasteiger partial charge in [-0.3, -0.25) is 4.79 Å². The second-order valence-electron chi connectivity index (χ2n) is 8.23. The van der Waals surface area contributed by atoms with E-state index in [-0.39, 0.29) is 18.3 Å². The number of amides is 1. The zero-order valence-corrected chi connectivity index (χ0v) is 19.0. The zero-order valence-electron chi connectivity index (χ0n) is 19.0. The van der Waals surface area contributed by atoms with Gasteiger partial charge in [-0.2, -0.15) is 0 Å². The Labute approximate surface area is 183 Å². The van der Waals surface area contributed by atoms with Crippen LogP contribution in [0.5, 0.6) is 5.75 Å². The van der Waals surface area contributed by atoms with E-state index in [1.165, 1.54) is 70.6 Å². The van der Waals surface area contributed by atoms with E-state index in [1.807, 2.05) is 0 Å². The van der Waals surface area contributed by atoms with Crippen LogP contribution >= 0.6 is 0 Å². The van der Waals surface area contributed by atoms with Crippen LogP contribution in [0, 0.1) is 0 Å². The van der Waals surface area contributed by atoms with Gasteiger partial charge in [-0.05, 0) is 49.8 Å². The molecule has 4 nitrogen and oxygen atoms in total. The highest BCUT2D eigenvalue weighted by Crippen LogP contribution is 2.17. The third kappa shape index (κ3) is 13.4. The molecule has 1 aromatic carbocycles. The number of carbonyl (C=O) groups excluding carboxylic acids is 1. The standard InChI is InChI=1S/C26H43NO3/c1-2-3-4-5-6-7-8-9-10-11-12-13-14-15-16-17-26(30)27-25(22-28)23-18-20-24(29)21-19-23/h9-10,18-21,25,28-29H,2-8,11-17,22H2,1H3,(H,27,30)/b10-9-. The lowest BCUT2D eigenvalue weighted by Crippen LogP contribution is -2.30. The average molecular weight is 418 g/mol. The summed E-state index contributed by atoms with van der Waals surface area (Å²) in [6.07, 6.45) is 21.3. The van der Waals surface area contributed by atoms with Crippen LogP contribution in [0.1, 0.15) is 108 Å². The number of aliphatic hydroxyl groups is 1. The van der Waals surface area contributed by atoms with Crippen LogP contribution in [0.4, 0.5) is 0 Å². The van der Waals surface area contributed by atoms with Gasteiger partial charge in [0.2, 0.25) is 5.91 Å². The summed E-state index contributed by atoms with van der Waals surface area (Å²) in [5.41, 5.74) is 0.799. The third-order valence-electron chi connectivity index (χ3n) is 5.48. The van der Waals surface area contributed by atoms with Gasteiger partial charge >= 0.3 is 0 Å². The molecular weight excluding hydrogens is 374 g/mol. The lowest BCUT2D eigenvalue weighted by molar-refractivity contribution is -0.122. The van der Waals surface area contributed by atoms with E-state index < -0.39 is 6.04 Å². The molecule has 4 heteroatoms. The molecule has 0 aliphatic heterocycles. The molecule has 1 aromatic rings. The number of phenols is 1. The number of carbonyl (C=O) groups is 1. The number of phenolic OH excluding ortho intramolecular Hbond substituents is 1. The molecule has 1 rings (SSSR count). The van der Waals surface area contributed by atoms with E-state index in [0.29, 0.717) is 6.42 Å². The van der Waals surface area contributed by atoms with Crippen molar-refractivity contribution in [1.82, 2.24) is 5.32 Å². The molecular formula is C26H43NO3. The van der Waals surface area contributed by atoms with Crippen molar-refractivity contribution in [3.63, 3.8) is 0 Å². The van der Waals surface area contributed by atoms with E-state index in [2.05, 4.69) is 24.4 Å². The molecule has 0 aromatic heterocycles. The van der Waals surface area contributed by atoms with E-state index in [0.717, 1.165) is 18.4 Å². The van der Waals surface area contributed by atoms with Crippen LogP contribution in [0.2, 0.25) is 0 Å². The molecule has 0 bridgehead atoms. The van der Waals surface area contributed by atoms with Gasteiger partial charge in [0, 0.05) is 6.42 Å². The minimum atomic E-state index is -0.416. The normalized spacial score (nSPS) is 12.3. The van der Waals surface area contributed by atoms with Crippen LogP contribution in [0.15, 0.2) is 36.4 Å². The number of aliphatic hydroxyl groups excluding tert-OH is 1. The first kappa shape index (κ1) is 26.2. The van der Waals surface area contributed by atoms with E-state index in [9.17, 15) is 15.0 Å². The summed E-state index contributed by atoms with van der Waals surface area (Å²) in [4.78, 5) is 12.1. The first-order valence-electron chi connectivity index (χ1n) is 12.0. The first-order valence-corrected chi connectivity index (χ1v) is 12.0. The highest BCUT2D eigenvalue weighted by molar-refractivity contribution is 5.76. The maximum Gasteiger partial charge on any atom is 0.220 e. The van der Waals surface area contributed by atoms with Crippen molar-refractivity contribution in [2.24, 2.45) is 0 Å². The average Bonchev–Trinajstić information content (AvgIpc) is 2.75. The summed E-state index contributed by atoms with van der Waals surface area (Å²) >= 11 is 0. The van der Waals surface area contributed by atoms with E-state index in [4.69, 9.17) is 0 Å². The quantitative estimate of drug-likeness (QED) is 0.187. The van der Waals surface area contributed by atoms with Crippen molar-refractivity contribution >= 4 is 5.91 Å². The molecule has 1 atom stereocenters. The van der Waals surface area contributed by atoms with Gasteiger partial charge in [-0.15, -0.1) is 0 Å². The number of allylic oxidation sites excluding steroid dienone is 2. The van der Waals surface area contributed by atoms with Crippen LogP contribution in [-0.4, -0.2) is 22.7 Å². The van der Waals surface area contributed by atoms with Gasteiger partial charge in [0.25, 0.3) is 0 Å². The van der Waals surface area contributed by atoms with Gasteiger partial charge in [-0.1, -0.05) is 82.6 Å². The highest BCUT2D eigenvalue weighted by Gasteiger charge is 2.13. The molecule has 0 aliphatic rings. The Morgan fingerprint density at radius 3 is 1.97 bits per heavy atom. The number of hydrogen-bond donors (Lipinski definition) is 3. The number of hydrogen-bond acceptors (Lipinski definition) is 3. The Bertz CT molecular complexity index is 568. The second-order valence-corrected chi connectivity index (χ2v) is 8.23. The maximum absolute atomic E-state index is 12.1. The molecule has 0 aliphatic carbocycles. The molecule has 1 amide bonds. The Hall–Kier alpha value is -1.81. The fourth-order valence-corrected chi connectivity index (χ4v) is 3.56. The molecule has 0 radical (unpaired) electrons.